The molecule has 2 heterocycles. The maximum absolute atomic E-state index is 13.5. The third kappa shape index (κ3) is 5.16. The summed E-state index contributed by atoms with van der Waals surface area (Å²) in [6, 6.07) is 10.7. The standard InChI is InChI=1S/C26H36N6O3/c1-30(2)26(21-7-5-4-6-8-21)12-10-25(11-13-26)19-31(24(34)32(25)15-16-35-3)14-9-23(33)29-22-17-27-20-28-18-22/h4-8,17-18,20H,9-16,19H2,1-3H3,(H,29,33)/t25-,26+. The summed E-state index contributed by atoms with van der Waals surface area (Å²) in [5.74, 6) is -0.156. The van der Waals surface area contributed by atoms with E-state index in [1.54, 1.807) is 19.5 Å². The molecule has 0 unspecified atom stereocenters. The fourth-order valence-corrected chi connectivity index (χ4v) is 5.70. The molecule has 1 aliphatic heterocycles. The lowest BCUT2D eigenvalue weighted by molar-refractivity contribution is -0.116. The lowest BCUT2D eigenvalue weighted by Crippen LogP contribution is -2.56. The van der Waals surface area contributed by atoms with Crippen LogP contribution in [-0.2, 0) is 15.1 Å². The number of nitrogens with zero attached hydrogens (tertiary/aromatic N) is 5. The van der Waals surface area contributed by atoms with Gasteiger partial charge in [-0.05, 0) is 45.3 Å². The first-order valence-corrected chi connectivity index (χ1v) is 12.2. The number of amides is 3. The number of aromatic nitrogens is 2. The van der Waals surface area contributed by atoms with Crippen molar-refractivity contribution in [3.63, 3.8) is 0 Å². The molecule has 1 aromatic carbocycles. The zero-order valence-electron chi connectivity index (χ0n) is 20.9. The molecular weight excluding hydrogens is 444 g/mol. The molecule has 1 aliphatic carbocycles. The fraction of sp³-hybridized carbons (Fsp3) is 0.538. The summed E-state index contributed by atoms with van der Waals surface area (Å²) in [5, 5.41) is 2.80. The molecule has 0 bridgehead atoms. The van der Waals surface area contributed by atoms with Gasteiger partial charge in [-0.1, -0.05) is 30.3 Å². The van der Waals surface area contributed by atoms with E-state index in [1.807, 2.05) is 9.80 Å². The predicted octanol–water partition coefficient (Wildman–Crippen LogP) is 2.96. The molecule has 9 nitrogen and oxygen atoms in total. The van der Waals surface area contributed by atoms with E-state index < -0.39 is 0 Å². The summed E-state index contributed by atoms with van der Waals surface area (Å²) in [6.07, 6.45) is 8.48. The van der Waals surface area contributed by atoms with Gasteiger partial charge in [0.15, 0.2) is 0 Å². The van der Waals surface area contributed by atoms with E-state index in [0.29, 0.717) is 31.9 Å². The molecule has 9 heteroatoms. The number of hydrogen-bond acceptors (Lipinski definition) is 6. The topological polar surface area (TPSA) is 90.9 Å². The average molecular weight is 481 g/mol. The third-order valence-corrected chi connectivity index (χ3v) is 7.71. The van der Waals surface area contributed by atoms with Gasteiger partial charge in [0.1, 0.15) is 6.33 Å². The lowest BCUT2D eigenvalue weighted by atomic mass is 9.68. The number of carbonyl (C=O) groups is 2. The van der Waals surface area contributed by atoms with Crippen molar-refractivity contribution in [1.82, 2.24) is 24.7 Å². The van der Waals surface area contributed by atoms with Crippen molar-refractivity contribution in [2.75, 3.05) is 52.8 Å². The minimum Gasteiger partial charge on any atom is -0.383 e. The van der Waals surface area contributed by atoms with Gasteiger partial charge in [-0.25, -0.2) is 14.8 Å². The Hall–Kier alpha value is -3.04. The van der Waals surface area contributed by atoms with E-state index in [1.165, 1.54) is 11.9 Å². The van der Waals surface area contributed by atoms with Crippen molar-refractivity contribution >= 4 is 17.6 Å². The fourth-order valence-electron chi connectivity index (χ4n) is 5.70. The van der Waals surface area contributed by atoms with Crippen LogP contribution in [0.4, 0.5) is 10.5 Å². The van der Waals surface area contributed by atoms with Crippen molar-refractivity contribution in [1.29, 1.82) is 0 Å². The molecule has 1 spiro atoms. The molecule has 0 atom stereocenters. The smallest absolute Gasteiger partial charge is 0.320 e. The van der Waals surface area contributed by atoms with Gasteiger partial charge in [-0.15, -0.1) is 0 Å². The molecule has 1 N–H and O–H groups in total. The zero-order chi connectivity index (χ0) is 24.9. The van der Waals surface area contributed by atoms with Crippen LogP contribution in [0.5, 0.6) is 0 Å². The summed E-state index contributed by atoms with van der Waals surface area (Å²) in [4.78, 5) is 39.9. The van der Waals surface area contributed by atoms with Crippen LogP contribution in [-0.4, -0.2) is 89.6 Å². The molecule has 2 aromatic rings. The van der Waals surface area contributed by atoms with Gasteiger partial charge in [0.05, 0.1) is 30.2 Å². The largest absolute Gasteiger partial charge is 0.383 e. The van der Waals surface area contributed by atoms with Crippen LogP contribution in [0.3, 0.4) is 0 Å². The minimum atomic E-state index is -0.242. The molecule has 35 heavy (non-hydrogen) atoms. The van der Waals surface area contributed by atoms with Crippen molar-refractivity contribution in [3.05, 3.63) is 54.6 Å². The molecule has 2 aliphatic rings. The number of rotatable bonds is 9. The Morgan fingerprint density at radius 2 is 1.77 bits per heavy atom. The van der Waals surface area contributed by atoms with E-state index in [-0.39, 0.29) is 29.4 Å². The summed E-state index contributed by atoms with van der Waals surface area (Å²) in [5.41, 5.74) is 1.59. The van der Waals surface area contributed by atoms with Crippen LogP contribution >= 0.6 is 0 Å². The number of urea groups is 1. The molecule has 1 saturated carbocycles. The summed E-state index contributed by atoms with van der Waals surface area (Å²) < 4.78 is 5.34. The van der Waals surface area contributed by atoms with Crippen LogP contribution < -0.4 is 5.32 Å². The number of nitrogens with one attached hydrogen (secondary N) is 1. The normalized spacial score (nSPS) is 24.4. The number of hydrogen-bond donors (Lipinski definition) is 1. The van der Waals surface area contributed by atoms with Crippen LogP contribution in [0, 0.1) is 0 Å². The monoisotopic (exact) mass is 480 g/mol. The zero-order valence-corrected chi connectivity index (χ0v) is 20.9. The lowest BCUT2D eigenvalue weighted by Gasteiger charge is -2.51. The molecule has 3 amide bonds. The van der Waals surface area contributed by atoms with Crippen molar-refractivity contribution in [3.8, 4) is 0 Å². The molecule has 4 rings (SSSR count). The Kier molecular flexibility index (Phi) is 7.66. The quantitative estimate of drug-likeness (QED) is 0.594. The van der Waals surface area contributed by atoms with Gasteiger partial charge >= 0.3 is 6.03 Å². The van der Waals surface area contributed by atoms with Gasteiger partial charge in [-0.3, -0.25) is 9.69 Å². The van der Waals surface area contributed by atoms with Crippen molar-refractivity contribution < 1.29 is 14.3 Å². The highest BCUT2D eigenvalue weighted by molar-refractivity contribution is 5.90. The van der Waals surface area contributed by atoms with Crippen molar-refractivity contribution in [2.24, 2.45) is 0 Å². The van der Waals surface area contributed by atoms with Crippen LogP contribution in [0.2, 0.25) is 0 Å². The Labute approximate surface area is 207 Å². The number of carbonyl (C=O) groups excluding carboxylic acids is 2. The second kappa shape index (κ2) is 10.7. The highest BCUT2D eigenvalue weighted by Crippen LogP contribution is 2.48. The first kappa shape index (κ1) is 25.1. The molecule has 1 aromatic heterocycles. The van der Waals surface area contributed by atoms with E-state index in [9.17, 15) is 9.59 Å². The second-order valence-corrected chi connectivity index (χ2v) is 9.79. The Bertz CT molecular complexity index is 993. The highest BCUT2D eigenvalue weighted by atomic mass is 16.5. The average Bonchev–Trinajstić information content (AvgIpc) is 3.13. The minimum absolute atomic E-state index is 0.00467. The molecule has 2 fully saturated rings. The number of benzene rings is 1. The SMILES string of the molecule is COCCN1C(=O)N(CCC(=O)Nc2cncnc2)C[C@]12CC[C@](c1ccccc1)(N(C)C)CC2. The molecule has 1 saturated heterocycles. The first-order valence-electron chi connectivity index (χ1n) is 12.2. The van der Waals surface area contributed by atoms with Crippen LogP contribution in [0.1, 0.15) is 37.7 Å². The maximum Gasteiger partial charge on any atom is 0.320 e. The van der Waals surface area contributed by atoms with Gasteiger partial charge in [-0.2, -0.15) is 0 Å². The number of anilines is 1. The van der Waals surface area contributed by atoms with E-state index in [0.717, 1.165) is 25.7 Å². The van der Waals surface area contributed by atoms with E-state index in [4.69, 9.17) is 4.74 Å². The van der Waals surface area contributed by atoms with E-state index >= 15 is 0 Å². The number of ether oxygens (including phenoxy) is 1. The molecule has 0 radical (unpaired) electrons. The van der Waals surface area contributed by atoms with Crippen LogP contribution in [0.15, 0.2) is 49.1 Å². The maximum atomic E-state index is 13.5. The molecule has 188 valence electrons. The molecular formula is C26H36N6O3. The van der Waals surface area contributed by atoms with Gasteiger partial charge < -0.3 is 19.9 Å². The van der Waals surface area contributed by atoms with Gasteiger partial charge in [0.25, 0.3) is 0 Å². The van der Waals surface area contributed by atoms with Crippen molar-refractivity contribution in [2.45, 2.75) is 43.2 Å². The van der Waals surface area contributed by atoms with Gasteiger partial charge in [0.2, 0.25) is 5.91 Å². The summed E-state index contributed by atoms with van der Waals surface area (Å²) in [7, 11) is 5.96. The third-order valence-electron chi connectivity index (χ3n) is 7.71. The second-order valence-electron chi connectivity index (χ2n) is 9.79. The Morgan fingerprint density at radius 1 is 1.09 bits per heavy atom. The first-order chi connectivity index (χ1) is 16.9. The Balaban J connectivity index is 1.46. The predicted molar refractivity (Wildman–Crippen MR) is 134 cm³/mol. The van der Waals surface area contributed by atoms with E-state index in [2.05, 4.69) is 64.6 Å². The van der Waals surface area contributed by atoms with Gasteiger partial charge in [0, 0.05) is 38.7 Å². The number of methoxy groups -OCH3 is 1. The van der Waals surface area contributed by atoms with Crippen LogP contribution in [0.25, 0.3) is 0 Å². The summed E-state index contributed by atoms with van der Waals surface area (Å²) in [6.45, 7) is 2.06. The highest BCUT2D eigenvalue weighted by Gasteiger charge is 2.54. The Morgan fingerprint density at radius 3 is 2.40 bits per heavy atom. The summed E-state index contributed by atoms with van der Waals surface area (Å²) >= 11 is 0.